The Morgan fingerprint density at radius 3 is 2.71 bits per heavy atom. The van der Waals surface area contributed by atoms with Gasteiger partial charge in [-0.1, -0.05) is 19.9 Å². The molecular formula is C15H24O2. The lowest BCUT2D eigenvalue weighted by Gasteiger charge is -2.49. The van der Waals surface area contributed by atoms with Gasteiger partial charge in [0, 0.05) is 5.92 Å². The van der Waals surface area contributed by atoms with Crippen LogP contribution in [0.25, 0.3) is 0 Å². The summed E-state index contributed by atoms with van der Waals surface area (Å²) in [5.74, 6) is 1.08. The Kier molecular flexibility index (Phi) is 2.97. The van der Waals surface area contributed by atoms with Crippen molar-refractivity contribution < 1.29 is 9.90 Å². The molecule has 2 aliphatic carbocycles. The number of carbonyl (C=O) groups excluding carboxylic acids is 1. The molecule has 2 heteroatoms. The van der Waals surface area contributed by atoms with Crippen LogP contribution >= 0.6 is 0 Å². The second kappa shape index (κ2) is 3.94. The van der Waals surface area contributed by atoms with Gasteiger partial charge in [-0.15, -0.1) is 0 Å². The van der Waals surface area contributed by atoms with Crippen molar-refractivity contribution >= 4 is 5.78 Å². The molecule has 2 aliphatic rings. The molecule has 0 saturated heterocycles. The van der Waals surface area contributed by atoms with Crippen LogP contribution in [0.5, 0.6) is 0 Å². The van der Waals surface area contributed by atoms with Gasteiger partial charge in [0.1, 0.15) is 0 Å². The Hall–Kier alpha value is -0.630. The van der Waals surface area contributed by atoms with Crippen molar-refractivity contribution in [2.75, 3.05) is 0 Å². The van der Waals surface area contributed by atoms with Gasteiger partial charge in [0.25, 0.3) is 0 Å². The smallest absolute Gasteiger partial charge is 0.158 e. The van der Waals surface area contributed by atoms with Gasteiger partial charge in [-0.05, 0) is 56.4 Å². The molecule has 0 spiro atoms. The Bertz CT molecular complexity index is 350. The lowest BCUT2D eigenvalue weighted by Crippen LogP contribution is -2.46. The molecule has 0 bridgehead atoms. The molecule has 0 amide bonds. The highest BCUT2D eigenvalue weighted by atomic mass is 16.3. The average Bonchev–Trinajstić information content (AvgIpc) is 2.22. The van der Waals surface area contributed by atoms with Gasteiger partial charge in [0.2, 0.25) is 0 Å². The monoisotopic (exact) mass is 236 g/mol. The number of aliphatic hydroxyl groups is 1. The maximum atomic E-state index is 11.8. The summed E-state index contributed by atoms with van der Waals surface area (Å²) in [5, 5.41) is 10.2. The molecule has 1 N–H and O–H groups in total. The number of ketones is 1. The van der Waals surface area contributed by atoms with Gasteiger partial charge < -0.3 is 5.11 Å². The van der Waals surface area contributed by atoms with Crippen molar-refractivity contribution in [2.45, 2.75) is 52.6 Å². The predicted octanol–water partition coefficient (Wildman–Crippen LogP) is 2.95. The fourth-order valence-electron chi connectivity index (χ4n) is 3.61. The zero-order valence-corrected chi connectivity index (χ0v) is 11.4. The van der Waals surface area contributed by atoms with Crippen LogP contribution in [0.15, 0.2) is 12.2 Å². The number of carbonyl (C=O) groups is 1. The van der Waals surface area contributed by atoms with Crippen LogP contribution in [0.3, 0.4) is 0 Å². The van der Waals surface area contributed by atoms with E-state index in [9.17, 15) is 9.90 Å². The van der Waals surface area contributed by atoms with E-state index in [0.29, 0.717) is 11.8 Å². The summed E-state index contributed by atoms with van der Waals surface area (Å²) in [7, 11) is 0. The average molecular weight is 236 g/mol. The van der Waals surface area contributed by atoms with Crippen molar-refractivity contribution in [3.63, 3.8) is 0 Å². The quantitative estimate of drug-likeness (QED) is 0.760. The third kappa shape index (κ3) is 2.20. The molecule has 1 fully saturated rings. The van der Waals surface area contributed by atoms with Crippen molar-refractivity contribution in [1.29, 1.82) is 0 Å². The van der Waals surface area contributed by atoms with E-state index in [1.165, 1.54) is 0 Å². The maximum absolute atomic E-state index is 11.8. The van der Waals surface area contributed by atoms with Crippen LogP contribution in [0.1, 0.15) is 47.0 Å². The van der Waals surface area contributed by atoms with Gasteiger partial charge in [-0.25, -0.2) is 0 Å². The summed E-state index contributed by atoms with van der Waals surface area (Å²) in [4.78, 5) is 11.8. The van der Waals surface area contributed by atoms with Crippen molar-refractivity contribution in [2.24, 2.45) is 23.2 Å². The molecule has 17 heavy (non-hydrogen) atoms. The second-order valence-corrected chi connectivity index (χ2v) is 6.76. The van der Waals surface area contributed by atoms with E-state index in [1.54, 1.807) is 6.08 Å². The molecule has 2 nitrogen and oxygen atoms in total. The van der Waals surface area contributed by atoms with Crippen molar-refractivity contribution in [3.8, 4) is 0 Å². The molecule has 0 aliphatic heterocycles. The van der Waals surface area contributed by atoms with Gasteiger partial charge in [-0.2, -0.15) is 0 Å². The number of hydrogen-bond donors (Lipinski definition) is 1. The summed E-state index contributed by atoms with van der Waals surface area (Å²) >= 11 is 0. The maximum Gasteiger partial charge on any atom is 0.158 e. The lowest BCUT2D eigenvalue weighted by atomic mass is 9.56. The minimum absolute atomic E-state index is 0.107. The fourth-order valence-corrected chi connectivity index (χ4v) is 3.61. The minimum Gasteiger partial charge on any atom is -0.390 e. The van der Waals surface area contributed by atoms with Crippen LogP contribution < -0.4 is 0 Å². The summed E-state index contributed by atoms with van der Waals surface area (Å²) in [6, 6.07) is 0. The topological polar surface area (TPSA) is 37.3 Å². The third-order valence-corrected chi connectivity index (χ3v) is 5.10. The molecule has 0 aromatic rings. The first-order valence-corrected chi connectivity index (χ1v) is 6.69. The minimum atomic E-state index is -0.620. The summed E-state index contributed by atoms with van der Waals surface area (Å²) < 4.78 is 0. The largest absolute Gasteiger partial charge is 0.390 e. The van der Waals surface area contributed by atoms with E-state index >= 15 is 0 Å². The van der Waals surface area contributed by atoms with Crippen molar-refractivity contribution in [1.82, 2.24) is 0 Å². The molecule has 96 valence electrons. The Balaban J connectivity index is 2.24. The Labute approximate surface area is 104 Å². The molecule has 2 rings (SSSR count). The summed E-state index contributed by atoms with van der Waals surface area (Å²) in [5.41, 5.74) is -0.458. The Morgan fingerprint density at radius 1 is 1.47 bits per heavy atom. The van der Waals surface area contributed by atoms with Crippen LogP contribution in [0, 0.1) is 23.2 Å². The first-order chi connectivity index (χ1) is 7.74. The normalized spacial score (nSPS) is 42.4. The highest BCUT2D eigenvalue weighted by Gasteiger charge is 2.47. The number of rotatable bonds is 1. The van der Waals surface area contributed by atoms with Crippen molar-refractivity contribution in [3.05, 3.63) is 12.2 Å². The SMILES string of the molecule is C[C@H]1C(=O)C=C[C@@]2(C)CC[C@H](C(C)(C)O)C[C@H]12. The molecule has 0 radical (unpaired) electrons. The van der Waals surface area contributed by atoms with E-state index in [2.05, 4.69) is 13.0 Å². The summed E-state index contributed by atoms with van der Waals surface area (Å²) in [6.07, 6.45) is 6.99. The van der Waals surface area contributed by atoms with Crippen LogP contribution in [-0.4, -0.2) is 16.5 Å². The number of hydrogen-bond acceptors (Lipinski definition) is 2. The predicted molar refractivity (Wildman–Crippen MR) is 68.5 cm³/mol. The number of fused-ring (bicyclic) bond motifs is 1. The highest BCUT2D eigenvalue weighted by molar-refractivity contribution is 5.92. The highest BCUT2D eigenvalue weighted by Crippen LogP contribution is 2.52. The van der Waals surface area contributed by atoms with Gasteiger partial charge >= 0.3 is 0 Å². The van der Waals surface area contributed by atoms with Gasteiger partial charge in [-0.3, -0.25) is 4.79 Å². The van der Waals surface area contributed by atoms with Crippen LogP contribution in [-0.2, 0) is 4.79 Å². The molecule has 0 aromatic carbocycles. The van der Waals surface area contributed by atoms with E-state index < -0.39 is 5.60 Å². The number of allylic oxidation sites excluding steroid dienone is 2. The fraction of sp³-hybridized carbons (Fsp3) is 0.800. The second-order valence-electron chi connectivity index (χ2n) is 6.76. The zero-order valence-electron chi connectivity index (χ0n) is 11.4. The molecule has 0 unspecified atom stereocenters. The van der Waals surface area contributed by atoms with Gasteiger partial charge in [0.05, 0.1) is 5.60 Å². The molecule has 4 atom stereocenters. The van der Waals surface area contributed by atoms with Crippen LogP contribution in [0.4, 0.5) is 0 Å². The van der Waals surface area contributed by atoms with E-state index in [-0.39, 0.29) is 17.1 Å². The lowest BCUT2D eigenvalue weighted by molar-refractivity contribution is -0.124. The zero-order chi connectivity index (χ0) is 12.8. The van der Waals surface area contributed by atoms with E-state index in [1.807, 2.05) is 20.8 Å². The van der Waals surface area contributed by atoms with Gasteiger partial charge in [0.15, 0.2) is 5.78 Å². The first-order valence-electron chi connectivity index (χ1n) is 6.69. The molecule has 1 saturated carbocycles. The van der Waals surface area contributed by atoms with E-state index in [4.69, 9.17) is 0 Å². The molecular weight excluding hydrogens is 212 g/mol. The van der Waals surface area contributed by atoms with E-state index in [0.717, 1.165) is 19.3 Å². The molecule has 0 aromatic heterocycles. The molecule has 0 heterocycles. The van der Waals surface area contributed by atoms with Crippen LogP contribution in [0.2, 0.25) is 0 Å². The third-order valence-electron chi connectivity index (χ3n) is 5.10. The summed E-state index contributed by atoms with van der Waals surface area (Å²) in [6.45, 7) is 8.09. The standard InChI is InChI=1S/C15H24O2/c1-10-12-9-11(14(2,3)17)5-7-15(12,4)8-6-13(10)16/h6,8,10-12,17H,5,7,9H2,1-4H3/t10-,11+,12-,15-/m1/s1. The first kappa shape index (κ1) is 12.8. The Morgan fingerprint density at radius 2 is 2.12 bits per heavy atom.